The second kappa shape index (κ2) is 5.84. The number of nitrogens with one attached hydrogen (secondary N) is 1. The highest BCUT2D eigenvalue weighted by Crippen LogP contribution is 2.16. The summed E-state index contributed by atoms with van der Waals surface area (Å²) in [5.41, 5.74) is 0. The standard InChI is InChI=1S/C11H20N2O3/c1-3-6-13(7-9(14)15)11(16)10-8(2)4-5-12-10/h8,10,12H,3-7H2,1-2H3,(H,14,15). The van der Waals surface area contributed by atoms with Crippen LogP contribution in [0, 0.1) is 5.92 Å². The number of hydrogen-bond acceptors (Lipinski definition) is 3. The first-order valence-electron chi connectivity index (χ1n) is 5.80. The van der Waals surface area contributed by atoms with Gasteiger partial charge in [0.15, 0.2) is 0 Å². The zero-order chi connectivity index (χ0) is 12.1. The zero-order valence-electron chi connectivity index (χ0n) is 9.90. The lowest BCUT2D eigenvalue weighted by Gasteiger charge is -2.25. The topological polar surface area (TPSA) is 69.6 Å². The summed E-state index contributed by atoms with van der Waals surface area (Å²) in [7, 11) is 0. The highest BCUT2D eigenvalue weighted by molar-refractivity contribution is 5.85. The molecule has 1 heterocycles. The molecule has 0 radical (unpaired) electrons. The Morgan fingerprint density at radius 3 is 2.62 bits per heavy atom. The maximum absolute atomic E-state index is 12.1. The molecule has 5 nitrogen and oxygen atoms in total. The Bertz CT molecular complexity index is 268. The fourth-order valence-corrected chi connectivity index (χ4v) is 2.06. The second-order valence-electron chi connectivity index (χ2n) is 4.35. The molecule has 0 bridgehead atoms. The molecule has 92 valence electrons. The van der Waals surface area contributed by atoms with Crippen LogP contribution in [0.4, 0.5) is 0 Å². The van der Waals surface area contributed by atoms with Gasteiger partial charge < -0.3 is 15.3 Å². The minimum atomic E-state index is -0.951. The molecule has 0 aromatic rings. The molecule has 0 aliphatic carbocycles. The third-order valence-electron chi connectivity index (χ3n) is 2.93. The SMILES string of the molecule is CCCN(CC(=O)O)C(=O)C1NCCC1C. The molecule has 2 unspecified atom stereocenters. The van der Waals surface area contributed by atoms with Crippen molar-refractivity contribution in [1.82, 2.24) is 10.2 Å². The fraction of sp³-hybridized carbons (Fsp3) is 0.818. The number of aliphatic carboxylic acids is 1. The van der Waals surface area contributed by atoms with Crippen molar-refractivity contribution in [2.45, 2.75) is 32.7 Å². The van der Waals surface area contributed by atoms with E-state index in [4.69, 9.17) is 5.11 Å². The number of carboxylic acid groups (broad SMARTS) is 1. The number of carboxylic acids is 1. The quantitative estimate of drug-likeness (QED) is 0.710. The van der Waals surface area contributed by atoms with Crippen LogP contribution in [0.25, 0.3) is 0 Å². The van der Waals surface area contributed by atoms with Crippen molar-refractivity contribution in [2.75, 3.05) is 19.6 Å². The summed E-state index contributed by atoms with van der Waals surface area (Å²) < 4.78 is 0. The van der Waals surface area contributed by atoms with Gasteiger partial charge in [-0.15, -0.1) is 0 Å². The molecular formula is C11H20N2O3. The summed E-state index contributed by atoms with van der Waals surface area (Å²) in [6, 6.07) is -0.203. The summed E-state index contributed by atoms with van der Waals surface area (Å²) in [5, 5.41) is 11.9. The minimum Gasteiger partial charge on any atom is -0.480 e. The fourth-order valence-electron chi connectivity index (χ4n) is 2.06. The Balaban J connectivity index is 2.62. The Hall–Kier alpha value is -1.10. The van der Waals surface area contributed by atoms with Gasteiger partial charge in [0, 0.05) is 6.54 Å². The Kier molecular flexibility index (Phi) is 4.73. The minimum absolute atomic E-state index is 0.0748. The van der Waals surface area contributed by atoms with E-state index in [0.717, 1.165) is 19.4 Å². The van der Waals surface area contributed by atoms with E-state index in [-0.39, 0.29) is 18.5 Å². The summed E-state index contributed by atoms with van der Waals surface area (Å²) in [6.07, 6.45) is 1.75. The Labute approximate surface area is 95.8 Å². The molecule has 1 saturated heterocycles. The van der Waals surface area contributed by atoms with Gasteiger partial charge in [0.2, 0.25) is 5.91 Å². The smallest absolute Gasteiger partial charge is 0.323 e. The van der Waals surface area contributed by atoms with E-state index >= 15 is 0 Å². The molecule has 1 amide bonds. The second-order valence-corrected chi connectivity index (χ2v) is 4.35. The Morgan fingerprint density at radius 2 is 2.19 bits per heavy atom. The number of carbonyl (C=O) groups is 2. The van der Waals surface area contributed by atoms with Gasteiger partial charge in [-0.1, -0.05) is 13.8 Å². The third-order valence-corrected chi connectivity index (χ3v) is 2.93. The molecule has 0 aromatic carbocycles. The van der Waals surface area contributed by atoms with Crippen molar-refractivity contribution < 1.29 is 14.7 Å². The monoisotopic (exact) mass is 228 g/mol. The predicted molar refractivity (Wildman–Crippen MR) is 60.1 cm³/mol. The predicted octanol–water partition coefficient (Wildman–Crippen LogP) is 0.308. The van der Waals surface area contributed by atoms with E-state index < -0.39 is 5.97 Å². The molecule has 0 spiro atoms. The van der Waals surface area contributed by atoms with Crippen molar-refractivity contribution in [3.8, 4) is 0 Å². The largest absolute Gasteiger partial charge is 0.480 e. The van der Waals surface area contributed by atoms with Gasteiger partial charge in [-0.2, -0.15) is 0 Å². The average Bonchev–Trinajstić information content (AvgIpc) is 2.62. The molecule has 0 saturated carbocycles. The molecule has 2 atom stereocenters. The maximum atomic E-state index is 12.1. The van der Waals surface area contributed by atoms with Gasteiger partial charge >= 0.3 is 5.97 Å². The van der Waals surface area contributed by atoms with Gasteiger partial charge in [-0.05, 0) is 25.3 Å². The van der Waals surface area contributed by atoms with Crippen molar-refractivity contribution in [3.05, 3.63) is 0 Å². The van der Waals surface area contributed by atoms with Gasteiger partial charge in [0.1, 0.15) is 6.54 Å². The van der Waals surface area contributed by atoms with Crippen LogP contribution in [0.15, 0.2) is 0 Å². The molecule has 1 aliphatic heterocycles. The summed E-state index contributed by atoms with van der Waals surface area (Å²) in [5.74, 6) is -0.734. The molecular weight excluding hydrogens is 208 g/mol. The number of nitrogens with zero attached hydrogens (tertiary/aromatic N) is 1. The number of rotatable bonds is 5. The van der Waals surface area contributed by atoms with E-state index in [0.29, 0.717) is 12.5 Å². The van der Waals surface area contributed by atoms with E-state index in [1.807, 2.05) is 13.8 Å². The summed E-state index contributed by atoms with van der Waals surface area (Å²) >= 11 is 0. The van der Waals surface area contributed by atoms with E-state index in [1.165, 1.54) is 4.90 Å². The van der Waals surface area contributed by atoms with Crippen LogP contribution in [0.5, 0.6) is 0 Å². The Morgan fingerprint density at radius 1 is 1.50 bits per heavy atom. The van der Waals surface area contributed by atoms with Crippen molar-refractivity contribution in [3.63, 3.8) is 0 Å². The van der Waals surface area contributed by atoms with Gasteiger partial charge in [-0.25, -0.2) is 0 Å². The van der Waals surface area contributed by atoms with Crippen LogP contribution in [-0.4, -0.2) is 47.6 Å². The van der Waals surface area contributed by atoms with Crippen LogP contribution in [0.2, 0.25) is 0 Å². The molecule has 1 rings (SSSR count). The first-order valence-corrected chi connectivity index (χ1v) is 5.80. The van der Waals surface area contributed by atoms with Crippen LogP contribution < -0.4 is 5.32 Å². The van der Waals surface area contributed by atoms with Crippen LogP contribution in [-0.2, 0) is 9.59 Å². The van der Waals surface area contributed by atoms with Crippen molar-refractivity contribution in [2.24, 2.45) is 5.92 Å². The highest BCUT2D eigenvalue weighted by Gasteiger charge is 2.32. The lowest BCUT2D eigenvalue weighted by Crippen LogP contribution is -2.48. The summed E-state index contributed by atoms with van der Waals surface area (Å²) in [4.78, 5) is 24.2. The highest BCUT2D eigenvalue weighted by atomic mass is 16.4. The normalized spacial score (nSPS) is 24.4. The zero-order valence-corrected chi connectivity index (χ0v) is 9.90. The van der Waals surface area contributed by atoms with E-state index in [1.54, 1.807) is 0 Å². The first kappa shape index (κ1) is 13.0. The lowest BCUT2D eigenvalue weighted by atomic mass is 10.0. The van der Waals surface area contributed by atoms with Crippen LogP contribution in [0.3, 0.4) is 0 Å². The average molecular weight is 228 g/mol. The molecule has 5 heteroatoms. The first-order chi connectivity index (χ1) is 7.56. The number of hydrogen-bond donors (Lipinski definition) is 2. The molecule has 16 heavy (non-hydrogen) atoms. The van der Waals surface area contributed by atoms with Crippen molar-refractivity contribution in [1.29, 1.82) is 0 Å². The summed E-state index contributed by atoms with van der Waals surface area (Å²) in [6.45, 7) is 5.11. The van der Waals surface area contributed by atoms with Gasteiger partial charge in [0.05, 0.1) is 6.04 Å². The third kappa shape index (κ3) is 3.20. The number of carbonyl (C=O) groups excluding carboxylic acids is 1. The number of amides is 1. The van der Waals surface area contributed by atoms with Crippen molar-refractivity contribution >= 4 is 11.9 Å². The molecule has 2 N–H and O–H groups in total. The molecule has 1 fully saturated rings. The van der Waals surface area contributed by atoms with E-state index in [9.17, 15) is 9.59 Å². The maximum Gasteiger partial charge on any atom is 0.323 e. The van der Waals surface area contributed by atoms with Crippen LogP contribution in [0.1, 0.15) is 26.7 Å². The van der Waals surface area contributed by atoms with E-state index in [2.05, 4.69) is 5.32 Å². The molecule has 0 aromatic heterocycles. The van der Waals surface area contributed by atoms with Gasteiger partial charge in [-0.3, -0.25) is 9.59 Å². The van der Waals surface area contributed by atoms with Crippen LogP contribution >= 0.6 is 0 Å². The lowest BCUT2D eigenvalue weighted by molar-refractivity contribution is -0.145. The molecule has 1 aliphatic rings. The van der Waals surface area contributed by atoms with Gasteiger partial charge in [0.25, 0.3) is 0 Å².